The summed E-state index contributed by atoms with van der Waals surface area (Å²) in [6, 6.07) is 12.4. The van der Waals surface area contributed by atoms with Crippen LogP contribution in [0.15, 0.2) is 47.4 Å². The highest BCUT2D eigenvalue weighted by atomic mass is 32.2. The molecule has 0 saturated heterocycles. The van der Waals surface area contributed by atoms with E-state index >= 15 is 0 Å². The first-order chi connectivity index (χ1) is 16.1. The molecule has 0 radical (unpaired) electrons. The van der Waals surface area contributed by atoms with E-state index in [-0.39, 0.29) is 17.2 Å². The van der Waals surface area contributed by atoms with Gasteiger partial charge in [-0.25, -0.2) is 13.4 Å². The molecule has 0 fully saturated rings. The van der Waals surface area contributed by atoms with Gasteiger partial charge in [-0.05, 0) is 83.7 Å². The predicted molar refractivity (Wildman–Crippen MR) is 139 cm³/mol. The van der Waals surface area contributed by atoms with E-state index in [1.165, 1.54) is 11.3 Å². The van der Waals surface area contributed by atoms with Crippen LogP contribution in [0.1, 0.15) is 32.8 Å². The zero-order valence-corrected chi connectivity index (χ0v) is 22.1. The number of benzene rings is 2. The standard InChI is InChI=1S/C25H33N3O4S2/c1-6-32-20-10-13-22-23(17-20)33-25(26-22)28(15-7-14-27(4)5)24(29)16-19-8-11-21(12-9-19)34(30,31)18(2)3/h8-13,17-18H,6-7,14-16H2,1-5H3. The smallest absolute Gasteiger partial charge is 0.233 e. The summed E-state index contributed by atoms with van der Waals surface area (Å²) in [5.74, 6) is 0.717. The van der Waals surface area contributed by atoms with E-state index < -0.39 is 15.1 Å². The number of carbonyl (C=O) groups excluding carboxylic acids is 1. The number of rotatable bonds is 11. The van der Waals surface area contributed by atoms with Crippen LogP contribution in [0.3, 0.4) is 0 Å². The van der Waals surface area contributed by atoms with E-state index in [0.29, 0.717) is 18.3 Å². The van der Waals surface area contributed by atoms with Gasteiger partial charge in [-0.1, -0.05) is 23.5 Å². The fourth-order valence-corrected chi connectivity index (χ4v) is 5.57. The third-order valence-corrected chi connectivity index (χ3v) is 8.62. The third kappa shape index (κ3) is 6.34. The van der Waals surface area contributed by atoms with Crippen LogP contribution in [-0.2, 0) is 21.1 Å². The van der Waals surface area contributed by atoms with Crippen LogP contribution >= 0.6 is 11.3 Å². The number of ether oxygens (including phenoxy) is 1. The zero-order valence-electron chi connectivity index (χ0n) is 20.4. The molecule has 0 spiro atoms. The van der Waals surface area contributed by atoms with Gasteiger partial charge in [-0.3, -0.25) is 9.69 Å². The van der Waals surface area contributed by atoms with E-state index in [1.54, 1.807) is 43.0 Å². The fraction of sp³-hybridized carbons (Fsp3) is 0.440. The molecular formula is C25H33N3O4S2. The maximum absolute atomic E-state index is 13.4. The Kier molecular flexibility index (Phi) is 8.67. The van der Waals surface area contributed by atoms with Gasteiger partial charge in [0.05, 0.1) is 33.4 Å². The summed E-state index contributed by atoms with van der Waals surface area (Å²) in [7, 11) is 0.669. The lowest BCUT2D eigenvalue weighted by atomic mass is 10.1. The summed E-state index contributed by atoms with van der Waals surface area (Å²) < 4.78 is 31.3. The summed E-state index contributed by atoms with van der Waals surface area (Å²) in [5.41, 5.74) is 1.60. The molecule has 3 rings (SSSR count). The molecule has 0 unspecified atom stereocenters. The lowest BCUT2D eigenvalue weighted by Gasteiger charge is -2.21. The van der Waals surface area contributed by atoms with Crippen molar-refractivity contribution in [3.63, 3.8) is 0 Å². The minimum Gasteiger partial charge on any atom is -0.494 e. The van der Waals surface area contributed by atoms with Crippen molar-refractivity contribution >= 4 is 42.4 Å². The van der Waals surface area contributed by atoms with Crippen molar-refractivity contribution in [1.82, 2.24) is 9.88 Å². The molecule has 9 heteroatoms. The molecule has 3 aromatic rings. The normalized spacial score (nSPS) is 12.0. The first-order valence-electron chi connectivity index (χ1n) is 11.4. The van der Waals surface area contributed by atoms with E-state index in [0.717, 1.165) is 34.5 Å². The van der Waals surface area contributed by atoms with Gasteiger partial charge in [0, 0.05) is 6.54 Å². The second-order valence-electron chi connectivity index (χ2n) is 8.68. The van der Waals surface area contributed by atoms with Gasteiger partial charge >= 0.3 is 0 Å². The first-order valence-corrected chi connectivity index (χ1v) is 13.8. The molecule has 0 aliphatic heterocycles. The van der Waals surface area contributed by atoms with Crippen molar-refractivity contribution < 1.29 is 17.9 Å². The summed E-state index contributed by atoms with van der Waals surface area (Å²) in [6.45, 7) is 7.25. The van der Waals surface area contributed by atoms with Gasteiger partial charge in [0.15, 0.2) is 15.0 Å². The zero-order chi connectivity index (χ0) is 24.9. The number of thiazole rings is 1. The molecule has 7 nitrogen and oxygen atoms in total. The number of amides is 1. The van der Waals surface area contributed by atoms with Crippen LogP contribution in [0.2, 0.25) is 0 Å². The number of hydrogen-bond donors (Lipinski definition) is 0. The van der Waals surface area contributed by atoms with E-state index in [9.17, 15) is 13.2 Å². The molecule has 0 bridgehead atoms. The largest absolute Gasteiger partial charge is 0.494 e. The molecular weight excluding hydrogens is 470 g/mol. The molecule has 1 aromatic heterocycles. The van der Waals surface area contributed by atoms with Crippen molar-refractivity contribution in [3.8, 4) is 5.75 Å². The maximum Gasteiger partial charge on any atom is 0.233 e. The third-order valence-electron chi connectivity index (χ3n) is 5.41. The SMILES string of the molecule is CCOc1ccc2nc(N(CCCN(C)C)C(=O)Cc3ccc(S(=O)(=O)C(C)C)cc3)sc2c1. The Labute approximate surface area is 206 Å². The molecule has 0 saturated carbocycles. The van der Waals surface area contributed by atoms with Gasteiger partial charge in [0.1, 0.15) is 5.75 Å². The van der Waals surface area contributed by atoms with Gasteiger partial charge in [-0.15, -0.1) is 0 Å². The molecule has 0 N–H and O–H groups in total. The minimum absolute atomic E-state index is 0.0673. The number of anilines is 1. The maximum atomic E-state index is 13.4. The summed E-state index contributed by atoms with van der Waals surface area (Å²) in [6.07, 6.45) is 0.981. The van der Waals surface area contributed by atoms with Crippen LogP contribution in [0, 0.1) is 0 Å². The van der Waals surface area contributed by atoms with Crippen LogP contribution < -0.4 is 9.64 Å². The average molecular weight is 504 g/mol. The van der Waals surface area contributed by atoms with Crippen LogP contribution in [-0.4, -0.2) is 63.3 Å². The lowest BCUT2D eigenvalue weighted by molar-refractivity contribution is -0.118. The van der Waals surface area contributed by atoms with Crippen molar-refractivity contribution in [2.24, 2.45) is 0 Å². The lowest BCUT2D eigenvalue weighted by Crippen LogP contribution is -2.34. The Balaban J connectivity index is 1.84. The first kappa shape index (κ1) is 26.1. The fourth-order valence-electron chi connectivity index (χ4n) is 3.48. The number of fused-ring (bicyclic) bond motifs is 1. The molecule has 1 heterocycles. The second kappa shape index (κ2) is 11.3. The van der Waals surface area contributed by atoms with Crippen LogP contribution in [0.4, 0.5) is 5.13 Å². The highest BCUT2D eigenvalue weighted by molar-refractivity contribution is 7.92. The Hall–Kier alpha value is -2.49. The molecule has 184 valence electrons. The average Bonchev–Trinajstić information content (AvgIpc) is 3.20. The summed E-state index contributed by atoms with van der Waals surface area (Å²) in [5, 5.41) is 0.167. The Morgan fingerprint density at radius 3 is 2.41 bits per heavy atom. The summed E-state index contributed by atoms with van der Waals surface area (Å²) in [4.78, 5) is 22.2. The quantitative estimate of drug-likeness (QED) is 0.386. The summed E-state index contributed by atoms with van der Waals surface area (Å²) >= 11 is 1.47. The van der Waals surface area contributed by atoms with Gasteiger partial charge in [-0.2, -0.15) is 0 Å². The molecule has 0 aliphatic rings. The van der Waals surface area contributed by atoms with E-state index in [4.69, 9.17) is 9.72 Å². The van der Waals surface area contributed by atoms with Crippen molar-refractivity contribution in [3.05, 3.63) is 48.0 Å². The Morgan fingerprint density at radius 2 is 1.79 bits per heavy atom. The topological polar surface area (TPSA) is 79.8 Å². The monoisotopic (exact) mass is 503 g/mol. The number of sulfone groups is 1. The van der Waals surface area contributed by atoms with Crippen LogP contribution in [0.5, 0.6) is 5.75 Å². The highest BCUT2D eigenvalue weighted by Gasteiger charge is 2.22. The van der Waals surface area contributed by atoms with Crippen LogP contribution in [0.25, 0.3) is 10.2 Å². The highest BCUT2D eigenvalue weighted by Crippen LogP contribution is 2.32. The Morgan fingerprint density at radius 1 is 1.09 bits per heavy atom. The number of aromatic nitrogens is 1. The molecule has 34 heavy (non-hydrogen) atoms. The van der Waals surface area contributed by atoms with Crippen molar-refractivity contribution in [2.45, 2.75) is 43.8 Å². The predicted octanol–water partition coefficient (Wildman–Crippen LogP) is 4.40. The van der Waals surface area contributed by atoms with Gasteiger partial charge in [0.25, 0.3) is 0 Å². The number of nitrogens with zero attached hydrogens (tertiary/aromatic N) is 3. The van der Waals surface area contributed by atoms with E-state index in [1.807, 2.05) is 39.2 Å². The molecule has 2 aromatic carbocycles. The van der Waals surface area contributed by atoms with Crippen molar-refractivity contribution in [1.29, 1.82) is 0 Å². The Bertz CT molecular complexity index is 1220. The second-order valence-corrected chi connectivity index (χ2v) is 12.2. The minimum atomic E-state index is -3.34. The molecule has 1 amide bonds. The number of carbonyl (C=O) groups is 1. The molecule has 0 aliphatic carbocycles. The van der Waals surface area contributed by atoms with Crippen molar-refractivity contribution in [2.75, 3.05) is 38.7 Å². The van der Waals surface area contributed by atoms with Gasteiger partial charge < -0.3 is 9.64 Å². The van der Waals surface area contributed by atoms with Gasteiger partial charge in [0.2, 0.25) is 5.91 Å². The number of hydrogen-bond acceptors (Lipinski definition) is 7. The van der Waals surface area contributed by atoms with E-state index in [2.05, 4.69) is 4.90 Å². The molecule has 0 atom stereocenters.